The summed E-state index contributed by atoms with van der Waals surface area (Å²) in [4.78, 5) is 0. The number of rotatable bonds is 1. The third-order valence-corrected chi connectivity index (χ3v) is 5.09. The predicted octanol–water partition coefficient (Wildman–Crippen LogP) is 2.23. The zero-order chi connectivity index (χ0) is 12.4. The quantitative estimate of drug-likeness (QED) is 0.703. The molecule has 2 nitrogen and oxygen atoms in total. The number of benzene rings is 1. The molecule has 18 heavy (non-hydrogen) atoms. The van der Waals surface area contributed by atoms with Crippen molar-refractivity contribution in [1.82, 2.24) is 0 Å². The Hall–Kier alpha value is -0.795. The van der Waals surface area contributed by atoms with E-state index >= 15 is 0 Å². The van der Waals surface area contributed by atoms with Gasteiger partial charge < -0.3 is 9.31 Å². The second-order valence-corrected chi connectivity index (χ2v) is 6.40. The van der Waals surface area contributed by atoms with Gasteiger partial charge in [0.25, 0.3) is 0 Å². The van der Waals surface area contributed by atoms with E-state index in [4.69, 9.17) is 9.31 Å². The molecule has 0 amide bonds. The second kappa shape index (κ2) is 3.40. The molecule has 3 heteroatoms. The van der Waals surface area contributed by atoms with E-state index in [-0.39, 0.29) is 18.3 Å². The molecule has 2 fully saturated rings. The highest BCUT2D eigenvalue weighted by molar-refractivity contribution is 6.63. The first-order valence-electron chi connectivity index (χ1n) is 7.08. The van der Waals surface area contributed by atoms with Gasteiger partial charge in [-0.3, -0.25) is 0 Å². The Morgan fingerprint density at radius 3 is 2.56 bits per heavy atom. The fourth-order valence-corrected chi connectivity index (χ4v) is 3.59. The highest BCUT2D eigenvalue weighted by atomic mass is 16.7. The van der Waals surface area contributed by atoms with Gasteiger partial charge in [0.2, 0.25) is 0 Å². The Labute approximate surface area is 109 Å². The van der Waals surface area contributed by atoms with Gasteiger partial charge in [0.15, 0.2) is 0 Å². The molecule has 1 aromatic carbocycles. The molecular weight excluding hydrogens is 223 g/mol. The molecule has 0 aromatic heterocycles. The Bertz CT molecular complexity index is 499. The van der Waals surface area contributed by atoms with Crippen LogP contribution in [0.15, 0.2) is 18.2 Å². The first-order chi connectivity index (χ1) is 8.61. The Balaban J connectivity index is 1.70. The van der Waals surface area contributed by atoms with Crippen molar-refractivity contribution in [2.75, 3.05) is 0 Å². The summed E-state index contributed by atoms with van der Waals surface area (Å²) in [7, 11) is -0.137. The molecule has 4 rings (SSSR count). The maximum atomic E-state index is 6.16. The van der Waals surface area contributed by atoms with Gasteiger partial charge in [-0.1, -0.05) is 18.2 Å². The van der Waals surface area contributed by atoms with Crippen molar-refractivity contribution in [3.05, 3.63) is 29.3 Å². The first-order valence-corrected chi connectivity index (χ1v) is 7.08. The van der Waals surface area contributed by atoms with Crippen molar-refractivity contribution in [1.29, 1.82) is 0 Å². The third kappa shape index (κ3) is 1.38. The lowest BCUT2D eigenvalue weighted by atomic mass is 9.71. The molecule has 1 saturated heterocycles. The predicted molar refractivity (Wildman–Crippen MR) is 72.1 cm³/mol. The standard InChI is InChI=1S/C15H19BO2/c1-14-10-15(14,2)18-16(17-14)13-9-5-7-11-6-3-4-8-12(11)13/h5,7,9H,3-4,6,8,10H2,1-2H3. The van der Waals surface area contributed by atoms with Crippen LogP contribution in [-0.4, -0.2) is 18.3 Å². The molecule has 1 aliphatic heterocycles. The van der Waals surface area contributed by atoms with Gasteiger partial charge in [0, 0.05) is 6.42 Å². The smallest absolute Gasteiger partial charge is 0.399 e. The zero-order valence-electron chi connectivity index (χ0n) is 11.2. The van der Waals surface area contributed by atoms with Crippen LogP contribution >= 0.6 is 0 Å². The summed E-state index contributed by atoms with van der Waals surface area (Å²) in [6.07, 6.45) is 6.04. The molecule has 3 aliphatic rings. The van der Waals surface area contributed by atoms with Crippen LogP contribution in [-0.2, 0) is 22.2 Å². The topological polar surface area (TPSA) is 18.5 Å². The van der Waals surface area contributed by atoms with Crippen LogP contribution in [0.2, 0.25) is 0 Å². The molecule has 2 aliphatic carbocycles. The summed E-state index contributed by atoms with van der Waals surface area (Å²) in [5.74, 6) is 0. The average Bonchev–Trinajstić information content (AvgIpc) is 2.78. The van der Waals surface area contributed by atoms with Crippen molar-refractivity contribution in [3.63, 3.8) is 0 Å². The fourth-order valence-electron chi connectivity index (χ4n) is 3.59. The third-order valence-electron chi connectivity index (χ3n) is 5.09. The van der Waals surface area contributed by atoms with Crippen LogP contribution in [0.25, 0.3) is 0 Å². The molecule has 1 saturated carbocycles. The van der Waals surface area contributed by atoms with E-state index in [1.807, 2.05) is 0 Å². The monoisotopic (exact) mass is 242 g/mol. The maximum Gasteiger partial charge on any atom is 0.495 e. The second-order valence-electron chi connectivity index (χ2n) is 6.40. The van der Waals surface area contributed by atoms with Gasteiger partial charge in [-0.25, -0.2) is 0 Å². The Kier molecular flexibility index (Phi) is 2.09. The summed E-state index contributed by atoms with van der Waals surface area (Å²) in [6.45, 7) is 4.34. The largest absolute Gasteiger partial charge is 0.495 e. The number of hydrogen-bond acceptors (Lipinski definition) is 2. The lowest BCUT2D eigenvalue weighted by Crippen LogP contribution is -2.39. The molecule has 1 aromatic rings. The van der Waals surface area contributed by atoms with E-state index in [2.05, 4.69) is 32.0 Å². The van der Waals surface area contributed by atoms with E-state index < -0.39 is 0 Å². The van der Waals surface area contributed by atoms with Crippen LogP contribution < -0.4 is 5.46 Å². The average molecular weight is 242 g/mol. The summed E-state index contributed by atoms with van der Waals surface area (Å²) in [5, 5.41) is 0. The summed E-state index contributed by atoms with van der Waals surface area (Å²) in [5.41, 5.74) is 4.18. The van der Waals surface area contributed by atoms with Gasteiger partial charge >= 0.3 is 7.12 Å². The molecule has 2 atom stereocenters. The zero-order valence-corrected chi connectivity index (χ0v) is 11.2. The van der Waals surface area contributed by atoms with Crippen molar-refractivity contribution in [2.24, 2.45) is 0 Å². The lowest BCUT2D eigenvalue weighted by Gasteiger charge is -2.21. The summed E-state index contributed by atoms with van der Waals surface area (Å²) < 4.78 is 12.3. The van der Waals surface area contributed by atoms with Crippen LogP contribution in [0, 0.1) is 0 Å². The minimum atomic E-state index is -0.137. The van der Waals surface area contributed by atoms with Crippen LogP contribution in [0.4, 0.5) is 0 Å². The van der Waals surface area contributed by atoms with E-state index in [0.717, 1.165) is 6.42 Å². The van der Waals surface area contributed by atoms with Crippen molar-refractivity contribution in [2.45, 2.75) is 57.2 Å². The minimum Gasteiger partial charge on any atom is -0.399 e. The highest BCUT2D eigenvalue weighted by Crippen LogP contribution is 2.58. The summed E-state index contributed by atoms with van der Waals surface area (Å²) in [6, 6.07) is 6.60. The Morgan fingerprint density at radius 2 is 1.78 bits per heavy atom. The van der Waals surface area contributed by atoms with E-state index in [9.17, 15) is 0 Å². The SMILES string of the molecule is CC12CC1(C)OB(c1cccc3c1CCCC3)O2. The normalized spacial score (nSPS) is 37.3. The van der Waals surface area contributed by atoms with Crippen LogP contribution in [0.3, 0.4) is 0 Å². The Morgan fingerprint density at radius 1 is 1.06 bits per heavy atom. The van der Waals surface area contributed by atoms with E-state index in [1.54, 1.807) is 0 Å². The molecule has 0 N–H and O–H groups in total. The van der Waals surface area contributed by atoms with Crippen LogP contribution in [0.5, 0.6) is 0 Å². The number of fused-ring (bicyclic) bond motifs is 2. The number of aryl methyl sites for hydroxylation is 1. The molecule has 2 unspecified atom stereocenters. The van der Waals surface area contributed by atoms with Gasteiger partial charge in [-0.15, -0.1) is 0 Å². The van der Waals surface area contributed by atoms with Gasteiger partial charge in [-0.05, 0) is 56.1 Å². The molecule has 0 spiro atoms. The highest BCUT2D eigenvalue weighted by Gasteiger charge is 2.71. The van der Waals surface area contributed by atoms with Crippen molar-refractivity contribution in [3.8, 4) is 0 Å². The number of hydrogen-bond donors (Lipinski definition) is 0. The molecule has 1 heterocycles. The molecular formula is C15H19BO2. The van der Waals surface area contributed by atoms with E-state index in [1.165, 1.54) is 42.3 Å². The molecule has 0 bridgehead atoms. The fraction of sp³-hybridized carbons (Fsp3) is 0.600. The van der Waals surface area contributed by atoms with Gasteiger partial charge in [0.05, 0.1) is 11.2 Å². The first kappa shape index (κ1) is 11.1. The van der Waals surface area contributed by atoms with Crippen molar-refractivity contribution >= 4 is 12.6 Å². The van der Waals surface area contributed by atoms with E-state index in [0.29, 0.717) is 0 Å². The molecule has 0 radical (unpaired) electrons. The minimum absolute atomic E-state index is 0.0466. The lowest BCUT2D eigenvalue weighted by molar-refractivity contribution is 0.187. The molecule has 94 valence electrons. The van der Waals surface area contributed by atoms with Gasteiger partial charge in [-0.2, -0.15) is 0 Å². The summed E-state index contributed by atoms with van der Waals surface area (Å²) >= 11 is 0. The van der Waals surface area contributed by atoms with Crippen molar-refractivity contribution < 1.29 is 9.31 Å². The van der Waals surface area contributed by atoms with Gasteiger partial charge in [0.1, 0.15) is 0 Å². The maximum absolute atomic E-state index is 6.16. The van der Waals surface area contributed by atoms with Crippen LogP contribution in [0.1, 0.15) is 44.2 Å².